The quantitative estimate of drug-likeness (QED) is 0.827. The van der Waals surface area contributed by atoms with Crippen molar-refractivity contribution in [3.8, 4) is 5.75 Å². The first-order valence-corrected chi connectivity index (χ1v) is 8.33. The third-order valence-electron chi connectivity index (χ3n) is 4.20. The highest BCUT2D eigenvalue weighted by atomic mass is 19.1. The molecule has 1 atom stereocenters. The zero-order valence-electron chi connectivity index (χ0n) is 15.2. The molecule has 5 nitrogen and oxygen atoms in total. The first-order valence-electron chi connectivity index (χ1n) is 8.33. The Balaban J connectivity index is 2.26. The first-order chi connectivity index (χ1) is 12.5. The number of methoxy groups -OCH3 is 1. The topological polar surface area (TPSA) is 58.6 Å². The molecule has 2 aromatic rings. The second-order valence-corrected chi connectivity index (χ2v) is 5.93. The van der Waals surface area contributed by atoms with Crippen LogP contribution in [0.4, 0.5) is 4.39 Å². The van der Waals surface area contributed by atoms with Crippen LogP contribution in [0.25, 0.3) is 0 Å². The predicted octanol–water partition coefficient (Wildman–Crippen LogP) is 2.54. The minimum absolute atomic E-state index is 0.113. The lowest BCUT2D eigenvalue weighted by Gasteiger charge is -2.28. The minimum Gasteiger partial charge on any atom is -0.497 e. The number of amides is 2. The third-order valence-corrected chi connectivity index (χ3v) is 4.20. The van der Waals surface area contributed by atoms with Crippen LogP contribution >= 0.6 is 0 Å². The second kappa shape index (κ2) is 8.99. The van der Waals surface area contributed by atoms with Gasteiger partial charge in [0.25, 0.3) is 0 Å². The summed E-state index contributed by atoms with van der Waals surface area (Å²) in [6.45, 7) is 1.87. The fourth-order valence-corrected chi connectivity index (χ4v) is 2.67. The Bertz CT molecular complexity index is 779. The van der Waals surface area contributed by atoms with Gasteiger partial charge in [0.1, 0.15) is 17.6 Å². The molecule has 138 valence electrons. The number of benzene rings is 2. The van der Waals surface area contributed by atoms with E-state index in [-0.39, 0.29) is 24.8 Å². The van der Waals surface area contributed by atoms with Gasteiger partial charge >= 0.3 is 0 Å². The molecule has 0 spiro atoms. The van der Waals surface area contributed by atoms with Crippen LogP contribution in [0.15, 0.2) is 48.5 Å². The average molecular weight is 358 g/mol. The molecular weight excluding hydrogens is 335 g/mol. The summed E-state index contributed by atoms with van der Waals surface area (Å²) in [5.41, 5.74) is 1.12. The number of hydrogen-bond acceptors (Lipinski definition) is 3. The molecule has 6 heteroatoms. The lowest BCUT2D eigenvalue weighted by Crippen LogP contribution is -2.47. The number of carbonyl (C=O) groups is 2. The van der Waals surface area contributed by atoms with E-state index in [2.05, 4.69) is 5.32 Å². The van der Waals surface area contributed by atoms with Crippen LogP contribution in [0.5, 0.6) is 5.75 Å². The highest BCUT2D eigenvalue weighted by Crippen LogP contribution is 2.17. The predicted molar refractivity (Wildman–Crippen MR) is 97.2 cm³/mol. The largest absolute Gasteiger partial charge is 0.497 e. The van der Waals surface area contributed by atoms with E-state index < -0.39 is 11.9 Å². The molecule has 0 aliphatic heterocycles. The summed E-state index contributed by atoms with van der Waals surface area (Å²) in [6, 6.07) is 12.7. The normalized spacial score (nSPS) is 11.5. The summed E-state index contributed by atoms with van der Waals surface area (Å²) >= 11 is 0. The number of nitrogens with zero attached hydrogens (tertiary/aromatic N) is 1. The number of nitrogens with one attached hydrogen (secondary N) is 1. The maximum atomic E-state index is 13.9. The van der Waals surface area contributed by atoms with Crippen molar-refractivity contribution in [1.82, 2.24) is 10.2 Å². The molecule has 0 saturated carbocycles. The van der Waals surface area contributed by atoms with E-state index in [1.165, 1.54) is 18.0 Å². The van der Waals surface area contributed by atoms with Gasteiger partial charge in [0.2, 0.25) is 11.8 Å². The Labute approximate surface area is 152 Å². The molecule has 0 unspecified atom stereocenters. The van der Waals surface area contributed by atoms with E-state index in [0.29, 0.717) is 11.3 Å². The van der Waals surface area contributed by atoms with Crippen molar-refractivity contribution in [2.45, 2.75) is 25.9 Å². The molecule has 2 rings (SSSR count). The molecule has 0 saturated heterocycles. The molecule has 0 bridgehead atoms. The molecule has 0 aromatic heterocycles. The molecule has 2 aromatic carbocycles. The van der Waals surface area contributed by atoms with Crippen molar-refractivity contribution >= 4 is 11.8 Å². The van der Waals surface area contributed by atoms with Crippen LogP contribution < -0.4 is 10.1 Å². The Morgan fingerprint density at radius 3 is 2.58 bits per heavy atom. The summed E-state index contributed by atoms with van der Waals surface area (Å²) < 4.78 is 19.1. The van der Waals surface area contributed by atoms with E-state index >= 15 is 0 Å². The first kappa shape index (κ1) is 19.4. The van der Waals surface area contributed by atoms with Crippen LogP contribution in [0, 0.1) is 5.82 Å². The van der Waals surface area contributed by atoms with Gasteiger partial charge in [0.15, 0.2) is 0 Å². The SMILES string of the molecule is CNC(=O)[C@@H](C)N(Cc1cccc(OC)c1)C(=O)Cc1ccccc1F. The van der Waals surface area contributed by atoms with Gasteiger partial charge in [-0.05, 0) is 36.2 Å². The summed E-state index contributed by atoms with van der Waals surface area (Å²) in [7, 11) is 3.08. The van der Waals surface area contributed by atoms with Gasteiger partial charge in [-0.25, -0.2) is 4.39 Å². The highest BCUT2D eigenvalue weighted by molar-refractivity contribution is 5.88. The van der Waals surface area contributed by atoms with Crippen molar-refractivity contribution < 1.29 is 18.7 Å². The number of hydrogen-bond donors (Lipinski definition) is 1. The molecule has 0 fully saturated rings. The fourth-order valence-electron chi connectivity index (χ4n) is 2.67. The monoisotopic (exact) mass is 358 g/mol. The van der Waals surface area contributed by atoms with Crippen LogP contribution in [0.2, 0.25) is 0 Å². The van der Waals surface area contributed by atoms with Crippen molar-refractivity contribution in [2.24, 2.45) is 0 Å². The van der Waals surface area contributed by atoms with Crippen molar-refractivity contribution in [3.05, 3.63) is 65.5 Å². The maximum Gasteiger partial charge on any atom is 0.242 e. The van der Waals surface area contributed by atoms with Crippen LogP contribution in [-0.4, -0.2) is 36.9 Å². The highest BCUT2D eigenvalue weighted by Gasteiger charge is 2.26. The van der Waals surface area contributed by atoms with Gasteiger partial charge in [-0.2, -0.15) is 0 Å². The molecule has 0 aliphatic carbocycles. The minimum atomic E-state index is -0.689. The summed E-state index contributed by atoms with van der Waals surface area (Å²) in [5, 5.41) is 2.55. The molecule has 26 heavy (non-hydrogen) atoms. The van der Waals surface area contributed by atoms with E-state index in [9.17, 15) is 14.0 Å². The molecule has 0 aliphatic rings. The van der Waals surface area contributed by atoms with Gasteiger partial charge in [0.05, 0.1) is 13.5 Å². The van der Waals surface area contributed by atoms with Crippen LogP contribution in [0.1, 0.15) is 18.1 Å². The number of rotatable bonds is 7. The Morgan fingerprint density at radius 2 is 1.92 bits per heavy atom. The van der Waals surface area contributed by atoms with Crippen molar-refractivity contribution in [2.75, 3.05) is 14.2 Å². The van der Waals surface area contributed by atoms with Gasteiger partial charge in [-0.1, -0.05) is 30.3 Å². The molecular formula is C20H23FN2O3. The smallest absolute Gasteiger partial charge is 0.242 e. The van der Waals surface area contributed by atoms with Crippen LogP contribution in [0.3, 0.4) is 0 Å². The molecule has 2 amide bonds. The standard InChI is InChI=1S/C20H23FN2O3/c1-14(20(25)22-2)23(13-15-7-6-9-17(11-15)26-3)19(24)12-16-8-4-5-10-18(16)21/h4-11,14H,12-13H2,1-3H3,(H,22,25)/t14-/m1/s1. The van der Waals surface area contributed by atoms with E-state index in [4.69, 9.17) is 4.74 Å². The third kappa shape index (κ3) is 4.81. The van der Waals surface area contributed by atoms with Gasteiger partial charge in [0, 0.05) is 13.6 Å². The zero-order valence-corrected chi connectivity index (χ0v) is 15.2. The van der Waals surface area contributed by atoms with Crippen molar-refractivity contribution in [1.29, 1.82) is 0 Å². The van der Waals surface area contributed by atoms with Crippen LogP contribution in [-0.2, 0) is 22.6 Å². The summed E-state index contributed by atoms with van der Waals surface area (Å²) in [5.74, 6) is -0.379. The van der Waals surface area contributed by atoms with E-state index in [1.54, 1.807) is 44.4 Å². The van der Waals surface area contributed by atoms with Gasteiger partial charge in [-0.3, -0.25) is 9.59 Å². The number of likely N-dealkylation sites (N-methyl/N-ethyl adjacent to an activating group) is 1. The van der Waals surface area contributed by atoms with Gasteiger partial charge < -0.3 is 15.0 Å². The summed E-state index contributed by atoms with van der Waals surface area (Å²) in [4.78, 5) is 26.4. The number of ether oxygens (including phenoxy) is 1. The molecule has 0 radical (unpaired) electrons. The van der Waals surface area contributed by atoms with Gasteiger partial charge in [-0.15, -0.1) is 0 Å². The van der Waals surface area contributed by atoms with E-state index in [0.717, 1.165) is 5.56 Å². The Hall–Kier alpha value is -2.89. The molecule has 0 heterocycles. The maximum absolute atomic E-state index is 13.9. The second-order valence-electron chi connectivity index (χ2n) is 5.93. The average Bonchev–Trinajstić information content (AvgIpc) is 2.66. The fraction of sp³-hybridized carbons (Fsp3) is 0.300. The lowest BCUT2D eigenvalue weighted by atomic mass is 10.1. The zero-order chi connectivity index (χ0) is 19.1. The lowest BCUT2D eigenvalue weighted by molar-refractivity contribution is -0.139. The Kier molecular flexibility index (Phi) is 6.72. The Morgan fingerprint density at radius 1 is 1.19 bits per heavy atom. The number of carbonyl (C=O) groups excluding carboxylic acids is 2. The summed E-state index contributed by atoms with van der Waals surface area (Å²) in [6.07, 6.45) is -0.113. The van der Waals surface area contributed by atoms with E-state index in [1.807, 2.05) is 12.1 Å². The molecule has 1 N–H and O–H groups in total. The van der Waals surface area contributed by atoms with Crippen molar-refractivity contribution in [3.63, 3.8) is 0 Å². The number of halogens is 1.